The van der Waals surface area contributed by atoms with Crippen LogP contribution in [-0.2, 0) is 9.59 Å². The predicted molar refractivity (Wildman–Crippen MR) is 32.5 cm³/mol. The first-order chi connectivity index (χ1) is 5.15. The third-order valence-corrected chi connectivity index (χ3v) is 0.976. The average Bonchev–Trinajstić information content (AvgIpc) is 1.85. The maximum absolute atomic E-state index is 10.5. The first-order valence-corrected chi connectivity index (χ1v) is 2.52. The second-order valence-corrected chi connectivity index (χ2v) is 1.68. The number of nitrogens with zero attached hydrogens (tertiary/aromatic N) is 1. The molecule has 0 radical (unpaired) electrons. The van der Waals surface area contributed by atoms with Gasteiger partial charge in [0.1, 0.15) is 0 Å². The molecule has 0 bridgehead atoms. The molecule has 0 aromatic rings. The van der Waals surface area contributed by atoms with E-state index < -0.39 is 23.6 Å². The summed E-state index contributed by atoms with van der Waals surface area (Å²) >= 11 is 0. The summed E-state index contributed by atoms with van der Waals surface area (Å²) in [5, 5.41) is 15.2. The molecule has 58 valence electrons. The summed E-state index contributed by atoms with van der Waals surface area (Å²) < 4.78 is 0. The maximum atomic E-state index is 10.5. The third kappa shape index (κ3) is 2.03. The summed E-state index contributed by atoms with van der Waals surface area (Å²) in [5.74, 6) is -2.15. The smallest absolute Gasteiger partial charge is 0.791 e. The fraction of sp³-hybridized carbons (Fsp3) is 0. The number of carbonyl (C=O) groups is 3. The number of urea groups is 1. The van der Waals surface area contributed by atoms with Crippen LogP contribution in [0.5, 0.6) is 0 Å². The second-order valence-electron chi connectivity index (χ2n) is 1.68. The molecule has 0 aromatic carbocycles. The van der Waals surface area contributed by atoms with Crippen LogP contribution in [0.3, 0.4) is 0 Å². The van der Waals surface area contributed by atoms with E-state index in [1.165, 1.54) is 0 Å². The van der Waals surface area contributed by atoms with Crippen molar-refractivity contribution in [2.45, 2.75) is 0 Å². The van der Waals surface area contributed by atoms with E-state index in [9.17, 15) is 19.6 Å². The van der Waals surface area contributed by atoms with Crippen molar-refractivity contribution in [2.75, 3.05) is 0 Å². The molecule has 7 nitrogen and oxygen atoms in total. The molecule has 1 rings (SSSR count). The molecule has 2 N–H and O–H groups in total. The van der Waals surface area contributed by atoms with Gasteiger partial charge in [0.05, 0.1) is 0 Å². The fourth-order valence-corrected chi connectivity index (χ4v) is 0.542. The molecular weight excluding hydrogens is 177 g/mol. The Balaban J connectivity index is 0.00000121. The SMILES string of the molecule is O=C1NC(=O)C(=N[O-])C(=O)N1.[Na+]. The number of nitrogens with one attached hydrogen (secondary N) is 2. The molecule has 12 heavy (non-hydrogen) atoms. The Labute approximate surface area is 88.5 Å². The Kier molecular flexibility index (Phi) is 3.87. The monoisotopic (exact) mass is 179 g/mol. The van der Waals surface area contributed by atoms with Crippen molar-refractivity contribution < 1.29 is 43.9 Å². The standard InChI is InChI=1S/C4H3N3O4.Na/c8-2-1(7-11)3(9)6-4(10)5-2;/h11H,(H2,5,6,8,9,10);/q;+1/p-1. The van der Waals surface area contributed by atoms with Gasteiger partial charge in [0.2, 0.25) is 0 Å². The van der Waals surface area contributed by atoms with Gasteiger partial charge in [-0.25, -0.2) is 4.79 Å². The molecular formula is C4H2N3NaO4. The van der Waals surface area contributed by atoms with Gasteiger partial charge in [-0.2, -0.15) is 0 Å². The van der Waals surface area contributed by atoms with Crippen molar-refractivity contribution >= 4 is 23.6 Å². The molecule has 1 heterocycles. The zero-order valence-electron chi connectivity index (χ0n) is 6.08. The second kappa shape index (κ2) is 4.19. The topological polar surface area (TPSA) is 111 Å². The van der Waals surface area contributed by atoms with Crippen molar-refractivity contribution in [3.8, 4) is 0 Å². The van der Waals surface area contributed by atoms with Gasteiger partial charge >= 0.3 is 35.6 Å². The van der Waals surface area contributed by atoms with E-state index in [0.717, 1.165) is 0 Å². The summed E-state index contributed by atoms with van der Waals surface area (Å²) in [5.41, 5.74) is -0.843. The summed E-state index contributed by atoms with van der Waals surface area (Å²) in [4.78, 5) is 31.4. The number of hydrogen-bond donors (Lipinski definition) is 2. The van der Waals surface area contributed by atoms with Gasteiger partial charge in [-0.1, -0.05) is 0 Å². The van der Waals surface area contributed by atoms with E-state index in [0.29, 0.717) is 0 Å². The maximum Gasteiger partial charge on any atom is 1.00 e. The number of barbiturate groups is 1. The first kappa shape index (κ1) is 11.1. The Bertz CT molecular complexity index is 251. The minimum Gasteiger partial charge on any atom is -0.791 e. The van der Waals surface area contributed by atoms with Crippen molar-refractivity contribution in [2.24, 2.45) is 5.16 Å². The Morgan fingerprint density at radius 3 is 1.83 bits per heavy atom. The van der Waals surface area contributed by atoms with Crippen LogP contribution in [-0.4, -0.2) is 23.6 Å². The van der Waals surface area contributed by atoms with E-state index in [4.69, 9.17) is 0 Å². The molecule has 1 aliphatic heterocycles. The minimum absolute atomic E-state index is 0. The molecule has 4 amide bonds. The molecule has 0 aliphatic carbocycles. The average molecular weight is 179 g/mol. The zero-order valence-corrected chi connectivity index (χ0v) is 8.08. The van der Waals surface area contributed by atoms with E-state index in [2.05, 4.69) is 5.16 Å². The number of carbonyl (C=O) groups excluding carboxylic acids is 3. The van der Waals surface area contributed by atoms with Gasteiger partial charge in [0.15, 0.2) is 5.71 Å². The Morgan fingerprint density at radius 2 is 1.50 bits per heavy atom. The number of amides is 4. The molecule has 0 saturated carbocycles. The van der Waals surface area contributed by atoms with Crippen molar-refractivity contribution in [3.63, 3.8) is 0 Å². The van der Waals surface area contributed by atoms with Crippen LogP contribution in [0.2, 0.25) is 0 Å². The fourth-order valence-electron chi connectivity index (χ4n) is 0.542. The van der Waals surface area contributed by atoms with Crippen LogP contribution in [0.4, 0.5) is 4.79 Å². The summed E-state index contributed by atoms with van der Waals surface area (Å²) in [7, 11) is 0. The van der Waals surface area contributed by atoms with Gasteiger partial charge in [-0.05, 0) is 0 Å². The molecule has 0 spiro atoms. The first-order valence-electron chi connectivity index (χ1n) is 2.52. The Morgan fingerprint density at radius 1 is 1.08 bits per heavy atom. The van der Waals surface area contributed by atoms with Crippen LogP contribution in [0.1, 0.15) is 0 Å². The molecule has 1 aliphatic rings. The van der Waals surface area contributed by atoms with Crippen molar-refractivity contribution in [1.29, 1.82) is 0 Å². The summed E-state index contributed by atoms with van der Waals surface area (Å²) in [6, 6.07) is -0.951. The third-order valence-electron chi connectivity index (χ3n) is 0.976. The quantitative estimate of drug-likeness (QED) is 0.287. The van der Waals surface area contributed by atoms with Gasteiger partial charge < -0.3 is 10.4 Å². The number of rotatable bonds is 0. The predicted octanol–water partition coefficient (Wildman–Crippen LogP) is -4.70. The molecule has 8 heteroatoms. The van der Waals surface area contributed by atoms with E-state index in [1.807, 2.05) is 0 Å². The van der Waals surface area contributed by atoms with Gasteiger partial charge in [0.25, 0.3) is 11.8 Å². The Hall–Kier alpha value is -0.920. The summed E-state index contributed by atoms with van der Waals surface area (Å²) in [6.07, 6.45) is 0. The van der Waals surface area contributed by atoms with E-state index in [1.54, 1.807) is 10.6 Å². The zero-order chi connectivity index (χ0) is 8.43. The van der Waals surface area contributed by atoms with Crippen LogP contribution < -0.4 is 40.2 Å². The normalized spacial score (nSPS) is 16.0. The number of hydrogen-bond acceptors (Lipinski definition) is 5. The number of imide groups is 2. The van der Waals surface area contributed by atoms with E-state index in [-0.39, 0.29) is 29.6 Å². The van der Waals surface area contributed by atoms with E-state index >= 15 is 0 Å². The minimum atomic E-state index is -1.08. The molecule has 1 saturated heterocycles. The van der Waals surface area contributed by atoms with Crippen LogP contribution in [0.15, 0.2) is 5.16 Å². The van der Waals surface area contributed by atoms with Crippen LogP contribution in [0.25, 0.3) is 0 Å². The molecule has 0 unspecified atom stereocenters. The van der Waals surface area contributed by atoms with Gasteiger partial charge in [-0.3, -0.25) is 20.2 Å². The van der Waals surface area contributed by atoms with Gasteiger partial charge in [-0.15, -0.1) is 0 Å². The van der Waals surface area contributed by atoms with Crippen molar-refractivity contribution in [1.82, 2.24) is 10.6 Å². The van der Waals surface area contributed by atoms with Gasteiger partial charge in [0, 0.05) is 0 Å². The molecule has 0 aromatic heterocycles. The molecule has 0 atom stereocenters. The molecule has 1 fully saturated rings. The summed E-state index contributed by atoms with van der Waals surface area (Å²) in [6.45, 7) is 0. The van der Waals surface area contributed by atoms with Crippen LogP contribution >= 0.6 is 0 Å². The largest absolute Gasteiger partial charge is 1.00 e. The van der Waals surface area contributed by atoms with Crippen LogP contribution in [0, 0.1) is 5.21 Å². The van der Waals surface area contributed by atoms with Crippen molar-refractivity contribution in [3.05, 3.63) is 5.21 Å².